The summed E-state index contributed by atoms with van der Waals surface area (Å²) in [4.78, 5) is 0. The summed E-state index contributed by atoms with van der Waals surface area (Å²) < 4.78 is 0. The summed E-state index contributed by atoms with van der Waals surface area (Å²) >= 11 is 0. The van der Waals surface area contributed by atoms with Crippen molar-refractivity contribution >= 4 is 8.07 Å². The zero-order chi connectivity index (χ0) is 11.1. The monoisotopic (exact) mass is 222 g/mol. The predicted molar refractivity (Wildman–Crippen MR) is 73.1 cm³/mol. The average Bonchev–Trinajstić information content (AvgIpc) is 2.78. The molecule has 0 saturated heterocycles. The second kappa shape index (κ2) is 6.32. The third-order valence-corrected chi connectivity index (χ3v) is 10.2. The molecule has 0 aromatic heterocycles. The fourth-order valence-corrected chi connectivity index (χ4v) is 6.14. The molecule has 0 heterocycles. The maximum absolute atomic E-state index is 2.41. The highest BCUT2D eigenvalue weighted by Crippen LogP contribution is 2.29. The van der Waals surface area contributed by atoms with Gasteiger partial charge in [-0.05, 0) is 12.8 Å². The van der Waals surface area contributed by atoms with Crippen LogP contribution in [0.25, 0.3) is 0 Å². The van der Waals surface area contributed by atoms with Crippen molar-refractivity contribution in [3.8, 4) is 0 Å². The van der Waals surface area contributed by atoms with Gasteiger partial charge < -0.3 is 0 Å². The van der Waals surface area contributed by atoms with E-state index in [2.05, 4.69) is 39.0 Å². The van der Waals surface area contributed by atoms with Crippen LogP contribution in [0, 0.1) is 0 Å². The van der Waals surface area contributed by atoms with Gasteiger partial charge in [0, 0.05) is 0 Å². The van der Waals surface area contributed by atoms with Gasteiger partial charge in [0.05, 0.1) is 8.07 Å². The van der Waals surface area contributed by atoms with Crippen LogP contribution >= 0.6 is 0 Å². The Labute approximate surface area is 96.5 Å². The SMILES string of the molecule is CC[Si](CC)(CC)CCCC1=CC=CC1. The van der Waals surface area contributed by atoms with Crippen molar-refractivity contribution in [2.75, 3.05) is 0 Å². The summed E-state index contributed by atoms with van der Waals surface area (Å²) in [5.41, 5.74) is 1.65. The quantitative estimate of drug-likeness (QED) is 0.522. The molecule has 0 atom stereocenters. The molecule has 0 saturated carbocycles. The van der Waals surface area contributed by atoms with Crippen molar-refractivity contribution in [2.45, 2.75) is 64.2 Å². The fraction of sp³-hybridized carbons (Fsp3) is 0.714. The van der Waals surface area contributed by atoms with Crippen molar-refractivity contribution < 1.29 is 0 Å². The Hall–Kier alpha value is -0.303. The fourth-order valence-electron chi connectivity index (χ4n) is 2.65. The number of allylic oxidation sites excluding steroid dienone is 4. The van der Waals surface area contributed by atoms with Crippen molar-refractivity contribution in [2.24, 2.45) is 0 Å². The Morgan fingerprint density at radius 1 is 1.13 bits per heavy atom. The van der Waals surface area contributed by atoms with Crippen LogP contribution in [-0.2, 0) is 0 Å². The summed E-state index contributed by atoms with van der Waals surface area (Å²) in [5, 5.41) is 0. The molecule has 0 amide bonds. The molecule has 15 heavy (non-hydrogen) atoms. The first kappa shape index (κ1) is 12.8. The Balaban J connectivity index is 2.27. The lowest BCUT2D eigenvalue weighted by molar-refractivity contribution is 0.856. The second-order valence-corrected chi connectivity index (χ2v) is 10.5. The van der Waals surface area contributed by atoms with Crippen LogP contribution < -0.4 is 0 Å². The van der Waals surface area contributed by atoms with Gasteiger partial charge in [0.1, 0.15) is 0 Å². The normalized spacial score (nSPS) is 15.8. The van der Waals surface area contributed by atoms with E-state index in [0.717, 1.165) is 0 Å². The predicted octanol–water partition coefficient (Wildman–Crippen LogP) is 5.16. The van der Waals surface area contributed by atoms with Crippen molar-refractivity contribution in [3.05, 3.63) is 23.8 Å². The molecule has 0 bridgehead atoms. The number of rotatable bonds is 7. The lowest BCUT2D eigenvalue weighted by Gasteiger charge is -2.28. The lowest BCUT2D eigenvalue weighted by Crippen LogP contribution is -2.30. The highest BCUT2D eigenvalue weighted by Gasteiger charge is 2.25. The first-order valence-corrected chi connectivity index (χ1v) is 9.43. The lowest BCUT2D eigenvalue weighted by atomic mass is 10.1. The molecule has 1 heteroatoms. The minimum Gasteiger partial charge on any atom is -0.0805 e. The first-order chi connectivity index (χ1) is 7.26. The molecule has 0 N–H and O–H groups in total. The molecule has 86 valence electrons. The van der Waals surface area contributed by atoms with E-state index in [-0.39, 0.29) is 0 Å². The number of hydrogen-bond donors (Lipinski definition) is 0. The van der Waals surface area contributed by atoms with Crippen LogP contribution in [0.3, 0.4) is 0 Å². The second-order valence-electron chi connectivity index (χ2n) is 4.87. The van der Waals surface area contributed by atoms with Crippen LogP contribution in [-0.4, -0.2) is 8.07 Å². The first-order valence-electron chi connectivity index (χ1n) is 6.61. The topological polar surface area (TPSA) is 0 Å². The highest BCUT2D eigenvalue weighted by atomic mass is 28.3. The van der Waals surface area contributed by atoms with Gasteiger partial charge in [-0.3, -0.25) is 0 Å². The smallest absolute Gasteiger partial charge is 0.0527 e. The summed E-state index contributed by atoms with van der Waals surface area (Å²) in [6.07, 6.45) is 10.8. The molecule has 0 nitrogen and oxygen atoms in total. The molecule has 1 aliphatic carbocycles. The largest absolute Gasteiger partial charge is 0.0805 e. The van der Waals surface area contributed by atoms with Gasteiger partial charge in [-0.1, -0.05) is 75.2 Å². The third kappa shape index (κ3) is 3.64. The van der Waals surface area contributed by atoms with E-state index in [1.807, 2.05) is 0 Å². The molecule has 0 spiro atoms. The van der Waals surface area contributed by atoms with Crippen LogP contribution in [0.4, 0.5) is 0 Å². The molecular formula is C14H26Si. The van der Waals surface area contributed by atoms with E-state index < -0.39 is 8.07 Å². The zero-order valence-corrected chi connectivity index (χ0v) is 11.7. The third-order valence-electron chi connectivity index (χ3n) is 4.30. The number of hydrogen-bond acceptors (Lipinski definition) is 0. The van der Waals surface area contributed by atoms with Gasteiger partial charge in [0.15, 0.2) is 0 Å². The van der Waals surface area contributed by atoms with E-state index in [1.165, 1.54) is 37.4 Å². The molecule has 0 unspecified atom stereocenters. The van der Waals surface area contributed by atoms with Crippen molar-refractivity contribution in [1.82, 2.24) is 0 Å². The molecule has 0 aromatic rings. The molecule has 1 aliphatic rings. The summed E-state index contributed by atoms with van der Waals surface area (Å²) in [7, 11) is -0.837. The summed E-state index contributed by atoms with van der Waals surface area (Å²) in [5.74, 6) is 0. The molecule has 0 fully saturated rings. The van der Waals surface area contributed by atoms with E-state index in [4.69, 9.17) is 0 Å². The molecule has 0 aliphatic heterocycles. The van der Waals surface area contributed by atoms with Crippen LogP contribution in [0.5, 0.6) is 0 Å². The van der Waals surface area contributed by atoms with Gasteiger partial charge in [0.2, 0.25) is 0 Å². The zero-order valence-electron chi connectivity index (χ0n) is 10.7. The van der Waals surface area contributed by atoms with Crippen LogP contribution in [0.2, 0.25) is 24.2 Å². The van der Waals surface area contributed by atoms with E-state index in [0.29, 0.717) is 0 Å². The summed E-state index contributed by atoms with van der Waals surface area (Å²) in [6.45, 7) is 7.24. The Morgan fingerprint density at radius 2 is 1.80 bits per heavy atom. The van der Waals surface area contributed by atoms with Gasteiger partial charge in [-0.15, -0.1) is 0 Å². The Kier molecular flexibility index (Phi) is 5.38. The minimum atomic E-state index is -0.837. The molecular weight excluding hydrogens is 196 g/mol. The van der Waals surface area contributed by atoms with Crippen LogP contribution in [0.1, 0.15) is 40.0 Å². The van der Waals surface area contributed by atoms with Crippen molar-refractivity contribution in [3.63, 3.8) is 0 Å². The Bertz CT molecular complexity index is 225. The average molecular weight is 222 g/mol. The Morgan fingerprint density at radius 3 is 2.27 bits per heavy atom. The van der Waals surface area contributed by atoms with E-state index in [9.17, 15) is 0 Å². The molecule has 0 radical (unpaired) electrons. The van der Waals surface area contributed by atoms with E-state index in [1.54, 1.807) is 11.6 Å². The maximum atomic E-state index is 2.41. The van der Waals surface area contributed by atoms with Crippen LogP contribution in [0.15, 0.2) is 23.8 Å². The highest BCUT2D eigenvalue weighted by molar-refractivity contribution is 6.79. The molecule has 1 rings (SSSR count). The maximum Gasteiger partial charge on any atom is 0.0527 e. The minimum absolute atomic E-state index is 0.837. The van der Waals surface area contributed by atoms with E-state index >= 15 is 0 Å². The van der Waals surface area contributed by atoms with Gasteiger partial charge in [-0.25, -0.2) is 0 Å². The van der Waals surface area contributed by atoms with Crippen molar-refractivity contribution in [1.29, 1.82) is 0 Å². The van der Waals surface area contributed by atoms with Gasteiger partial charge >= 0.3 is 0 Å². The summed E-state index contributed by atoms with van der Waals surface area (Å²) in [6, 6.07) is 6.00. The standard InChI is InChI=1S/C14H26Si/c1-4-15(5-2,6-3)13-9-12-14-10-7-8-11-14/h7-8,10H,4-6,9,11-13H2,1-3H3. The van der Waals surface area contributed by atoms with Gasteiger partial charge in [0.25, 0.3) is 0 Å². The molecule has 0 aromatic carbocycles. The van der Waals surface area contributed by atoms with Gasteiger partial charge in [-0.2, -0.15) is 0 Å².